The second-order valence-electron chi connectivity index (χ2n) is 5.45. The highest BCUT2D eigenvalue weighted by Gasteiger charge is 2.34. The third-order valence-electron chi connectivity index (χ3n) is 2.69. The number of rotatable bonds is 1. The minimum atomic E-state index is -0.501. The number of amides is 1. The lowest BCUT2D eigenvalue weighted by atomic mass is 9.98. The maximum atomic E-state index is 12.0. The van der Waals surface area contributed by atoms with Gasteiger partial charge in [0, 0.05) is 12.6 Å². The quantitative estimate of drug-likeness (QED) is 0.707. The van der Waals surface area contributed by atoms with Crippen LogP contribution in [0, 0.1) is 6.57 Å². The molecule has 2 atom stereocenters. The highest BCUT2D eigenvalue weighted by Crippen LogP contribution is 2.20. The number of piperidine rings is 1. The van der Waals surface area contributed by atoms with Crippen LogP contribution in [-0.2, 0) is 4.74 Å². The Morgan fingerprint density at radius 3 is 2.76 bits per heavy atom. The Bertz CT molecular complexity index is 317. The first-order chi connectivity index (χ1) is 7.83. The van der Waals surface area contributed by atoms with Crippen molar-refractivity contribution >= 4 is 6.09 Å². The van der Waals surface area contributed by atoms with E-state index in [1.807, 2.05) is 20.8 Å². The third kappa shape index (κ3) is 4.23. The molecule has 1 heterocycles. The zero-order valence-corrected chi connectivity index (χ0v) is 10.8. The number of nitrogens with two attached hydrogens (primary N) is 1. The fourth-order valence-corrected chi connectivity index (χ4v) is 1.92. The van der Waals surface area contributed by atoms with Crippen molar-refractivity contribution in [3.8, 4) is 0 Å². The maximum Gasteiger partial charge on any atom is 0.410 e. The summed E-state index contributed by atoms with van der Waals surface area (Å²) in [5.41, 5.74) is 5.36. The lowest BCUT2D eigenvalue weighted by Crippen LogP contribution is -2.52. The van der Waals surface area contributed by atoms with E-state index < -0.39 is 5.60 Å². The monoisotopic (exact) mass is 239 g/mol. The van der Waals surface area contributed by atoms with Crippen molar-refractivity contribution in [2.45, 2.75) is 51.3 Å². The van der Waals surface area contributed by atoms with Gasteiger partial charge in [0.25, 0.3) is 0 Å². The molecule has 17 heavy (non-hydrogen) atoms. The number of likely N-dealkylation sites (tertiary alicyclic amines) is 1. The van der Waals surface area contributed by atoms with Gasteiger partial charge in [-0.15, -0.1) is 0 Å². The average molecular weight is 239 g/mol. The fraction of sp³-hybridized carbons (Fsp3) is 0.833. The fourth-order valence-electron chi connectivity index (χ4n) is 1.92. The molecule has 96 valence electrons. The molecular weight excluding hydrogens is 218 g/mol. The molecule has 0 aromatic rings. The van der Waals surface area contributed by atoms with E-state index in [2.05, 4.69) is 4.85 Å². The van der Waals surface area contributed by atoms with Crippen LogP contribution in [0.25, 0.3) is 4.85 Å². The van der Waals surface area contributed by atoms with Crippen molar-refractivity contribution in [3.63, 3.8) is 0 Å². The normalized spacial score (nSPS) is 25.2. The van der Waals surface area contributed by atoms with Gasteiger partial charge < -0.3 is 15.3 Å². The van der Waals surface area contributed by atoms with Crippen LogP contribution in [0.5, 0.6) is 0 Å². The molecule has 5 nitrogen and oxygen atoms in total. The van der Waals surface area contributed by atoms with E-state index in [1.165, 1.54) is 0 Å². The molecule has 0 aliphatic carbocycles. The van der Waals surface area contributed by atoms with E-state index >= 15 is 0 Å². The lowest BCUT2D eigenvalue weighted by Gasteiger charge is -2.36. The van der Waals surface area contributed by atoms with Gasteiger partial charge >= 0.3 is 6.09 Å². The predicted molar refractivity (Wildman–Crippen MR) is 65.4 cm³/mol. The van der Waals surface area contributed by atoms with Crippen LogP contribution in [0.1, 0.15) is 33.6 Å². The van der Waals surface area contributed by atoms with Crippen molar-refractivity contribution < 1.29 is 9.53 Å². The highest BCUT2D eigenvalue weighted by atomic mass is 16.6. The Balaban J connectivity index is 2.66. The molecule has 1 saturated heterocycles. The third-order valence-corrected chi connectivity index (χ3v) is 2.69. The zero-order chi connectivity index (χ0) is 13.1. The Morgan fingerprint density at radius 1 is 1.59 bits per heavy atom. The first kappa shape index (κ1) is 13.8. The van der Waals surface area contributed by atoms with Crippen molar-refractivity contribution in [2.75, 3.05) is 13.1 Å². The highest BCUT2D eigenvalue weighted by molar-refractivity contribution is 5.68. The van der Waals surface area contributed by atoms with Crippen LogP contribution in [0.4, 0.5) is 4.79 Å². The molecule has 2 N–H and O–H groups in total. The molecule has 0 aromatic carbocycles. The summed E-state index contributed by atoms with van der Waals surface area (Å²) in [6, 6.07) is -0.0217. The van der Waals surface area contributed by atoms with Crippen molar-refractivity contribution in [3.05, 3.63) is 11.4 Å². The van der Waals surface area contributed by atoms with Gasteiger partial charge in [0.05, 0.1) is 0 Å². The van der Waals surface area contributed by atoms with Crippen LogP contribution >= 0.6 is 0 Å². The smallest absolute Gasteiger partial charge is 0.410 e. The number of carbonyl (C=O) groups excluding carboxylic acids is 1. The summed E-state index contributed by atoms with van der Waals surface area (Å²) < 4.78 is 5.33. The van der Waals surface area contributed by atoms with E-state index in [9.17, 15) is 4.79 Å². The van der Waals surface area contributed by atoms with Gasteiger partial charge in [0.2, 0.25) is 6.54 Å². The van der Waals surface area contributed by atoms with Crippen molar-refractivity contribution in [1.29, 1.82) is 0 Å². The molecule has 0 radical (unpaired) electrons. The molecule has 0 bridgehead atoms. The van der Waals surface area contributed by atoms with E-state index in [-0.39, 0.29) is 18.2 Å². The molecule has 1 amide bonds. The SMILES string of the molecule is [C-]#[N+]C[C@@H]1C[C@@H](N)CCN1C(=O)OC(C)(C)C. The van der Waals surface area contributed by atoms with Gasteiger partial charge in [0.15, 0.2) is 0 Å². The number of ether oxygens (including phenoxy) is 1. The van der Waals surface area contributed by atoms with E-state index in [4.69, 9.17) is 17.0 Å². The van der Waals surface area contributed by atoms with Crippen LogP contribution in [0.15, 0.2) is 0 Å². The summed E-state index contributed by atoms with van der Waals surface area (Å²) in [6.07, 6.45) is 1.12. The molecular formula is C12H21N3O2. The Morgan fingerprint density at radius 2 is 2.24 bits per heavy atom. The molecule has 0 saturated carbocycles. The van der Waals surface area contributed by atoms with Gasteiger partial charge in [-0.1, -0.05) is 0 Å². The molecule has 1 aliphatic rings. The second-order valence-corrected chi connectivity index (χ2v) is 5.45. The predicted octanol–water partition coefficient (Wildman–Crippen LogP) is 1.63. The lowest BCUT2D eigenvalue weighted by molar-refractivity contribution is 0.0103. The summed E-state index contributed by atoms with van der Waals surface area (Å²) >= 11 is 0. The first-order valence-electron chi connectivity index (χ1n) is 5.92. The summed E-state index contributed by atoms with van der Waals surface area (Å²) in [5, 5.41) is 0. The largest absolute Gasteiger partial charge is 0.444 e. The van der Waals surface area contributed by atoms with Crippen molar-refractivity contribution in [1.82, 2.24) is 4.90 Å². The first-order valence-corrected chi connectivity index (χ1v) is 5.92. The number of hydrogen-bond acceptors (Lipinski definition) is 3. The average Bonchev–Trinajstić information content (AvgIpc) is 2.15. The molecule has 0 spiro atoms. The minimum Gasteiger partial charge on any atom is -0.444 e. The van der Waals surface area contributed by atoms with Crippen LogP contribution in [-0.4, -0.2) is 41.8 Å². The van der Waals surface area contributed by atoms with Crippen LogP contribution in [0.3, 0.4) is 0 Å². The minimum absolute atomic E-state index is 0.0837. The second kappa shape index (κ2) is 5.37. The van der Waals surface area contributed by atoms with Crippen molar-refractivity contribution in [2.24, 2.45) is 5.73 Å². The van der Waals surface area contributed by atoms with Crippen LogP contribution in [0.2, 0.25) is 0 Å². The zero-order valence-electron chi connectivity index (χ0n) is 10.8. The molecule has 0 aromatic heterocycles. The molecule has 5 heteroatoms. The summed E-state index contributed by atoms with van der Waals surface area (Å²) in [4.78, 5) is 17.0. The maximum absolute atomic E-state index is 12.0. The number of nitrogens with zero attached hydrogens (tertiary/aromatic N) is 2. The van der Waals surface area contributed by atoms with E-state index in [0.717, 1.165) is 6.42 Å². The van der Waals surface area contributed by atoms with Gasteiger partial charge in [-0.2, -0.15) is 0 Å². The Labute approximate surface area is 103 Å². The van der Waals surface area contributed by atoms with Crippen LogP contribution < -0.4 is 5.73 Å². The van der Waals surface area contributed by atoms with E-state index in [0.29, 0.717) is 19.5 Å². The van der Waals surface area contributed by atoms with Gasteiger partial charge in [0.1, 0.15) is 11.6 Å². The molecule has 0 unspecified atom stereocenters. The number of carbonyl (C=O) groups is 1. The topological polar surface area (TPSA) is 59.9 Å². The van der Waals surface area contributed by atoms with E-state index in [1.54, 1.807) is 4.90 Å². The van der Waals surface area contributed by atoms with Gasteiger partial charge in [-0.3, -0.25) is 4.90 Å². The summed E-state index contributed by atoms with van der Waals surface area (Å²) in [7, 11) is 0. The Kier molecular flexibility index (Phi) is 4.35. The van der Waals surface area contributed by atoms with Gasteiger partial charge in [-0.05, 0) is 33.6 Å². The summed E-state index contributed by atoms with van der Waals surface area (Å²) in [5.74, 6) is 0. The Hall–Kier alpha value is -1.28. The standard InChI is InChI=1S/C12H21N3O2/c1-12(2,3)17-11(16)15-6-5-9(13)7-10(15)8-14-4/h9-10H,5-8,13H2,1-3H3/t9-,10-/m0/s1. The summed E-state index contributed by atoms with van der Waals surface area (Å²) in [6.45, 7) is 13.3. The molecule has 1 fully saturated rings. The molecule has 1 aliphatic heterocycles. The van der Waals surface area contributed by atoms with Gasteiger partial charge in [-0.25, -0.2) is 11.4 Å². The molecule has 1 rings (SSSR count). The number of hydrogen-bond donors (Lipinski definition) is 1.